The van der Waals surface area contributed by atoms with E-state index in [1.165, 1.54) is 103 Å². The first kappa shape index (κ1) is 21.2. The molecule has 0 aliphatic rings. The fourth-order valence-corrected chi connectivity index (χ4v) is 3.69. The van der Waals surface area contributed by atoms with Gasteiger partial charge in [0.25, 0.3) is 0 Å². The molecule has 0 saturated heterocycles. The standard InChI is InChI=1S/C19H41OSi/c1-3-4-5-6-7-8-9-10-11-12-13-14-15-16-17-18-19-21(2)20/h20H,3-19H2,1-2H3. The van der Waals surface area contributed by atoms with Gasteiger partial charge in [-0.15, -0.1) is 0 Å². The Morgan fingerprint density at radius 2 is 0.810 bits per heavy atom. The van der Waals surface area contributed by atoms with Gasteiger partial charge in [0.1, 0.15) is 0 Å². The lowest BCUT2D eigenvalue weighted by atomic mass is 10.0. The third kappa shape index (κ3) is 20.2. The van der Waals surface area contributed by atoms with Crippen molar-refractivity contribution in [1.82, 2.24) is 0 Å². The topological polar surface area (TPSA) is 20.2 Å². The first-order valence-electron chi connectivity index (χ1n) is 9.78. The van der Waals surface area contributed by atoms with Crippen LogP contribution < -0.4 is 0 Å². The van der Waals surface area contributed by atoms with Gasteiger partial charge in [-0.2, -0.15) is 0 Å². The summed E-state index contributed by atoms with van der Waals surface area (Å²) in [7, 11) is -0.953. The summed E-state index contributed by atoms with van der Waals surface area (Å²) in [6.07, 6.45) is 22.7. The molecule has 0 saturated carbocycles. The van der Waals surface area contributed by atoms with Gasteiger partial charge in [0.2, 0.25) is 9.04 Å². The van der Waals surface area contributed by atoms with E-state index in [1.807, 2.05) is 6.55 Å². The zero-order chi connectivity index (χ0) is 15.6. The quantitative estimate of drug-likeness (QED) is 0.230. The summed E-state index contributed by atoms with van der Waals surface area (Å²) in [4.78, 5) is 9.27. The fourth-order valence-electron chi connectivity index (χ4n) is 2.93. The van der Waals surface area contributed by atoms with Crippen LogP contribution in [-0.2, 0) is 0 Å². The molecule has 1 N–H and O–H groups in total. The Kier molecular flexibility index (Phi) is 18.4. The summed E-state index contributed by atoms with van der Waals surface area (Å²) in [5, 5.41) is 0. The normalized spacial score (nSPS) is 11.4. The van der Waals surface area contributed by atoms with Gasteiger partial charge < -0.3 is 4.80 Å². The SMILES string of the molecule is CCCCCCCCCCCCCCCCCC[Si](C)O. The second-order valence-corrected chi connectivity index (χ2v) is 8.76. The Labute approximate surface area is 136 Å². The summed E-state index contributed by atoms with van der Waals surface area (Å²) >= 11 is 0. The Hall–Kier alpha value is 0.177. The molecule has 0 aliphatic carbocycles. The van der Waals surface area contributed by atoms with Crippen molar-refractivity contribution in [3.8, 4) is 0 Å². The van der Waals surface area contributed by atoms with Gasteiger partial charge in [-0.05, 0) is 12.6 Å². The second kappa shape index (κ2) is 18.2. The maximum absolute atomic E-state index is 9.27. The number of rotatable bonds is 17. The van der Waals surface area contributed by atoms with E-state index in [9.17, 15) is 4.80 Å². The van der Waals surface area contributed by atoms with Crippen molar-refractivity contribution in [3.05, 3.63) is 0 Å². The van der Waals surface area contributed by atoms with E-state index in [2.05, 4.69) is 6.92 Å². The minimum absolute atomic E-state index is 0.953. The van der Waals surface area contributed by atoms with Crippen LogP contribution in [0.25, 0.3) is 0 Å². The van der Waals surface area contributed by atoms with Crippen LogP contribution in [0.15, 0.2) is 0 Å². The summed E-state index contributed by atoms with van der Waals surface area (Å²) in [6.45, 7) is 4.28. The van der Waals surface area contributed by atoms with Crippen LogP contribution >= 0.6 is 0 Å². The Bertz CT molecular complexity index is 182. The van der Waals surface area contributed by atoms with Gasteiger partial charge in [0, 0.05) is 0 Å². The summed E-state index contributed by atoms with van der Waals surface area (Å²) in [5.41, 5.74) is 0. The number of hydrogen-bond acceptors (Lipinski definition) is 1. The highest BCUT2D eigenvalue weighted by Crippen LogP contribution is 2.14. The first-order chi connectivity index (χ1) is 10.3. The van der Waals surface area contributed by atoms with Gasteiger partial charge in [0.05, 0.1) is 0 Å². The molecule has 2 heteroatoms. The summed E-state index contributed by atoms with van der Waals surface area (Å²) in [6, 6.07) is 1.09. The van der Waals surface area contributed by atoms with Crippen molar-refractivity contribution >= 4 is 9.04 Å². The molecule has 0 aromatic carbocycles. The van der Waals surface area contributed by atoms with E-state index in [1.54, 1.807) is 0 Å². The highest BCUT2D eigenvalue weighted by atomic mass is 28.3. The van der Waals surface area contributed by atoms with Gasteiger partial charge in [-0.1, -0.05) is 110 Å². The highest BCUT2D eigenvalue weighted by molar-refractivity contribution is 6.48. The molecule has 0 bridgehead atoms. The van der Waals surface area contributed by atoms with Crippen molar-refractivity contribution in [3.63, 3.8) is 0 Å². The van der Waals surface area contributed by atoms with E-state index in [-0.39, 0.29) is 0 Å². The maximum atomic E-state index is 9.27. The smallest absolute Gasteiger partial charge is 0.203 e. The molecule has 0 rings (SSSR count). The highest BCUT2D eigenvalue weighted by Gasteiger charge is 1.98. The average molecular weight is 314 g/mol. The third-order valence-electron chi connectivity index (χ3n) is 4.39. The lowest BCUT2D eigenvalue weighted by Crippen LogP contribution is -2.03. The predicted octanol–water partition coefficient (Wildman–Crippen LogP) is 6.86. The largest absolute Gasteiger partial charge is 0.432 e. The van der Waals surface area contributed by atoms with Crippen molar-refractivity contribution in [2.75, 3.05) is 0 Å². The molecule has 0 aromatic rings. The van der Waals surface area contributed by atoms with Crippen molar-refractivity contribution < 1.29 is 4.80 Å². The Balaban J connectivity index is 2.93. The van der Waals surface area contributed by atoms with Crippen molar-refractivity contribution in [1.29, 1.82) is 0 Å². The summed E-state index contributed by atoms with van der Waals surface area (Å²) in [5.74, 6) is 0. The molecule has 127 valence electrons. The molecular formula is C19H41OSi. The zero-order valence-corrected chi connectivity index (χ0v) is 16.0. The molecular weight excluding hydrogens is 272 g/mol. The monoisotopic (exact) mass is 313 g/mol. The minimum Gasteiger partial charge on any atom is -0.432 e. The van der Waals surface area contributed by atoms with Gasteiger partial charge in [-0.3, -0.25) is 0 Å². The molecule has 0 fully saturated rings. The molecule has 0 aromatic heterocycles. The van der Waals surface area contributed by atoms with E-state index in [0.29, 0.717) is 0 Å². The van der Waals surface area contributed by atoms with Gasteiger partial charge in [-0.25, -0.2) is 0 Å². The average Bonchev–Trinajstić information content (AvgIpc) is 2.46. The van der Waals surface area contributed by atoms with E-state index < -0.39 is 9.04 Å². The van der Waals surface area contributed by atoms with Crippen LogP contribution in [0.5, 0.6) is 0 Å². The van der Waals surface area contributed by atoms with E-state index in [4.69, 9.17) is 0 Å². The van der Waals surface area contributed by atoms with Crippen LogP contribution in [0.1, 0.15) is 110 Å². The van der Waals surface area contributed by atoms with Gasteiger partial charge >= 0.3 is 0 Å². The van der Waals surface area contributed by atoms with Gasteiger partial charge in [0.15, 0.2) is 0 Å². The molecule has 1 nitrogen and oxygen atoms in total. The molecule has 0 heterocycles. The third-order valence-corrected chi connectivity index (χ3v) is 5.47. The zero-order valence-electron chi connectivity index (χ0n) is 15.0. The minimum atomic E-state index is -0.953. The number of unbranched alkanes of at least 4 members (excludes halogenated alkanes) is 15. The van der Waals surface area contributed by atoms with Crippen LogP contribution in [0.4, 0.5) is 0 Å². The van der Waals surface area contributed by atoms with Crippen molar-refractivity contribution in [2.24, 2.45) is 0 Å². The molecule has 0 spiro atoms. The molecule has 0 atom stereocenters. The fraction of sp³-hybridized carbons (Fsp3) is 1.00. The Morgan fingerprint density at radius 1 is 0.524 bits per heavy atom. The first-order valence-corrected chi connectivity index (χ1v) is 11.9. The maximum Gasteiger partial charge on any atom is 0.203 e. The van der Waals surface area contributed by atoms with Crippen LogP contribution in [0.2, 0.25) is 12.6 Å². The predicted molar refractivity (Wildman–Crippen MR) is 98.2 cm³/mol. The molecule has 0 aliphatic heterocycles. The molecule has 21 heavy (non-hydrogen) atoms. The molecule has 0 amide bonds. The van der Waals surface area contributed by atoms with Crippen LogP contribution in [-0.4, -0.2) is 13.8 Å². The lowest BCUT2D eigenvalue weighted by Gasteiger charge is -2.04. The second-order valence-electron chi connectivity index (χ2n) is 6.79. The summed E-state index contributed by atoms with van der Waals surface area (Å²) < 4.78 is 0. The molecule has 0 unspecified atom stereocenters. The molecule has 1 radical (unpaired) electrons. The van der Waals surface area contributed by atoms with Crippen LogP contribution in [0.3, 0.4) is 0 Å². The van der Waals surface area contributed by atoms with E-state index >= 15 is 0 Å². The van der Waals surface area contributed by atoms with E-state index in [0.717, 1.165) is 6.04 Å². The Morgan fingerprint density at radius 3 is 1.10 bits per heavy atom. The van der Waals surface area contributed by atoms with Crippen LogP contribution in [0, 0.1) is 0 Å². The number of hydrogen-bond donors (Lipinski definition) is 1. The van der Waals surface area contributed by atoms with Crippen molar-refractivity contribution in [2.45, 2.75) is 122 Å². The lowest BCUT2D eigenvalue weighted by molar-refractivity contribution is 0.528.